The number of benzene rings is 2. The molecule has 6 heteroatoms. The number of carboxylic acids is 1. The van der Waals surface area contributed by atoms with Gasteiger partial charge < -0.3 is 14.6 Å². The summed E-state index contributed by atoms with van der Waals surface area (Å²) in [6, 6.07) is 14.6. The molecule has 1 amide bonds. The molecule has 3 aromatic rings. The smallest absolute Gasteiger partial charge is 0.306 e. The average molecular weight is 364 g/mol. The van der Waals surface area contributed by atoms with E-state index < -0.39 is 5.97 Å². The molecule has 1 fully saturated rings. The first kappa shape index (κ1) is 17.3. The molecule has 0 radical (unpaired) electrons. The van der Waals surface area contributed by atoms with Gasteiger partial charge in [-0.2, -0.15) is 0 Å². The zero-order valence-electron chi connectivity index (χ0n) is 14.8. The highest BCUT2D eigenvalue weighted by atomic mass is 16.4. The number of amides is 1. The van der Waals surface area contributed by atoms with Crippen LogP contribution in [-0.2, 0) is 16.1 Å². The lowest BCUT2D eigenvalue weighted by Gasteiger charge is -2.30. The number of pyridine rings is 1. The van der Waals surface area contributed by atoms with Gasteiger partial charge in [-0.05, 0) is 37.1 Å². The van der Waals surface area contributed by atoms with Gasteiger partial charge in [-0.25, -0.2) is 0 Å². The van der Waals surface area contributed by atoms with E-state index in [1.165, 1.54) is 0 Å². The standard InChI is InChI=1S/C21H20N2O4/c24-19(22-11-9-14(10-12-22)21(26)27)13-23-17-7-3-1-5-15(17)20(25)16-6-2-4-8-18(16)23/h1-8,14H,9-13H2,(H,26,27). The molecule has 1 aliphatic heterocycles. The van der Waals surface area contributed by atoms with Crippen LogP contribution in [0.4, 0.5) is 0 Å². The number of likely N-dealkylation sites (tertiary alicyclic amines) is 1. The quantitative estimate of drug-likeness (QED) is 0.724. The molecule has 0 spiro atoms. The van der Waals surface area contributed by atoms with Crippen LogP contribution >= 0.6 is 0 Å². The third kappa shape index (κ3) is 3.07. The summed E-state index contributed by atoms with van der Waals surface area (Å²) in [5.74, 6) is -1.22. The average Bonchev–Trinajstić information content (AvgIpc) is 2.71. The number of fused-ring (bicyclic) bond motifs is 2. The number of carbonyl (C=O) groups is 2. The molecule has 6 nitrogen and oxygen atoms in total. The Morgan fingerprint density at radius 3 is 1.96 bits per heavy atom. The maximum Gasteiger partial charge on any atom is 0.306 e. The molecule has 1 saturated heterocycles. The Hall–Kier alpha value is -3.15. The van der Waals surface area contributed by atoms with Crippen LogP contribution < -0.4 is 5.43 Å². The van der Waals surface area contributed by atoms with Gasteiger partial charge in [0.25, 0.3) is 0 Å². The number of hydrogen-bond acceptors (Lipinski definition) is 3. The fourth-order valence-corrected chi connectivity index (χ4v) is 3.86. The van der Waals surface area contributed by atoms with Crippen LogP contribution in [-0.4, -0.2) is 39.5 Å². The van der Waals surface area contributed by atoms with Gasteiger partial charge in [-0.15, -0.1) is 0 Å². The first-order chi connectivity index (χ1) is 13.1. The van der Waals surface area contributed by atoms with Crippen LogP contribution in [0.1, 0.15) is 12.8 Å². The summed E-state index contributed by atoms with van der Waals surface area (Å²) in [5, 5.41) is 10.3. The van der Waals surface area contributed by atoms with Gasteiger partial charge in [0.15, 0.2) is 5.43 Å². The predicted octanol–water partition coefficient (Wildman–Crippen LogP) is 2.48. The van der Waals surface area contributed by atoms with Crippen LogP contribution in [0.2, 0.25) is 0 Å². The second-order valence-corrected chi connectivity index (χ2v) is 6.94. The normalized spacial score (nSPS) is 15.3. The molecule has 0 bridgehead atoms. The van der Waals surface area contributed by atoms with E-state index in [-0.39, 0.29) is 23.8 Å². The zero-order valence-corrected chi connectivity index (χ0v) is 14.8. The highest BCUT2D eigenvalue weighted by molar-refractivity contribution is 5.94. The van der Waals surface area contributed by atoms with E-state index in [0.29, 0.717) is 36.7 Å². The number of carboxylic acid groups (broad SMARTS) is 1. The van der Waals surface area contributed by atoms with E-state index in [0.717, 1.165) is 11.0 Å². The first-order valence-electron chi connectivity index (χ1n) is 9.07. The number of aliphatic carboxylic acids is 1. The highest BCUT2D eigenvalue weighted by Crippen LogP contribution is 2.21. The number of para-hydroxylation sites is 2. The van der Waals surface area contributed by atoms with Gasteiger partial charge in [0, 0.05) is 23.9 Å². The number of hydrogen-bond donors (Lipinski definition) is 1. The monoisotopic (exact) mass is 364 g/mol. The number of nitrogens with zero attached hydrogens (tertiary/aromatic N) is 2. The zero-order chi connectivity index (χ0) is 19.0. The van der Waals surface area contributed by atoms with E-state index in [1.54, 1.807) is 17.0 Å². The van der Waals surface area contributed by atoms with Crippen molar-refractivity contribution in [1.82, 2.24) is 9.47 Å². The summed E-state index contributed by atoms with van der Waals surface area (Å²) < 4.78 is 1.89. The maximum absolute atomic E-state index is 12.9. The van der Waals surface area contributed by atoms with Crippen LogP contribution in [0.15, 0.2) is 53.3 Å². The number of rotatable bonds is 3. The number of aromatic nitrogens is 1. The van der Waals surface area contributed by atoms with Gasteiger partial charge in [-0.3, -0.25) is 14.4 Å². The molecule has 0 atom stereocenters. The molecule has 2 heterocycles. The Balaban J connectivity index is 1.71. The first-order valence-corrected chi connectivity index (χ1v) is 9.07. The van der Waals surface area contributed by atoms with Gasteiger partial charge >= 0.3 is 5.97 Å². The summed E-state index contributed by atoms with van der Waals surface area (Å²) in [6.45, 7) is 1.02. The Labute approximate surface area is 155 Å². The van der Waals surface area contributed by atoms with E-state index in [1.807, 2.05) is 41.0 Å². The Morgan fingerprint density at radius 1 is 0.926 bits per heavy atom. The lowest BCUT2D eigenvalue weighted by molar-refractivity contribution is -0.145. The third-order valence-corrected chi connectivity index (χ3v) is 5.37. The molecule has 4 rings (SSSR count). The van der Waals surface area contributed by atoms with Crippen LogP contribution in [0, 0.1) is 5.92 Å². The van der Waals surface area contributed by atoms with Crippen molar-refractivity contribution in [2.24, 2.45) is 5.92 Å². The van der Waals surface area contributed by atoms with Crippen LogP contribution in [0.5, 0.6) is 0 Å². The van der Waals surface area contributed by atoms with Gasteiger partial charge in [0.1, 0.15) is 6.54 Å². The molecule has 0 unspecified atom stereocenters. The van der Waals surface area contributed by atoms with Crippen molar-refractivity contribution >= 4 is 33.7 Å². The van der Waals surface area contributed by atoms with Gasteiger partial charge in [-0.1, -0.05) is 24.3 Å². The maximum atomic E-state index is 12.9. The van der Waals surface area contributed by atoms with Crippen molar-refractivity contribution in [3.05, 3.63) is 58.8 Å². The van der Waals surface area contributed by atoms with Crippen molar-refractivity contribution in [3.63, 3.8) is 0 Å². The van der Waals surface area contributed by atoms with E-state index >= 15 is 0 Å². The summed E-state index contributed by atoms with van der Waals surface area (Å²) in [6.07, 6.45) is 0.958. The molecular weight excluding hydrogens is 344 g/mol. The van der Waals surface area contributed by atoms with Crippen molar-refractivity contribution in [2.45, 2.75) is 19.4 Å². The SMILES string of the molecule is O=C(O)C1CCN(C(=O)Cn2c3ccccc3c(=O)c3ccccc32)CC1. The van der Waals surface area contributed by atoms with Gasteiger partial charge in [0.2, 0.25) is 5.91 Å². The molecule has 138 valence electrons. The molecular formula is C21H20N2O4. The summed E-state index contributed by atoms with van der Waals surface area (Å²) in [5.41, 5.74) is 1.43. The molecule has 1 aliphatic rings. The number of piperidine rings is 1. The fraction of sp³-hybridized carbons (Fsp3) is 0.286. The Morgan fingerprint density at radius 2 is 1.44 bits per heavy atom. The molecule has 1 N–H and O–H groups in total. The van der Waals surface area contributed by atoms with Crippen molar-refractivity contribution < 1.29 is 14.7 Å². The Kier molecular flexibility index (Phi) is 4.39. The molecule has 1 aromatic heterocycles. The van der Waals surface area contributed by atoms with Gasteiger partial charge in [0.05, 0.1) is 17.0 Å². The van der Waals surface area contributed by atoms with E-state index in [2.05, 4.69) is 0 Å². The van der Waals surface area contributed by atoms with Crippen molar-refractivity contribution in [3.8, 4) is 0 Å². The topological polar surface area (TPSA) is 79.6 Å². The molecule has 27 heavy (non-hydrogen) atoms. The number of carbonyl (C=O) groups excluding carboxylic acids is 1. The lowest BCUT2D eigenvalue weighted by atomic mass is 9.97. The third-order valence-electron chi connectivity index (χ3n) is 5.37. The second-order valence-electron chi connectivity index (χ2n) is 6.94. The van der Waals surface area contributed by atoms with E-state index in [9.17, 15) is 14.4 Å². The molecule has 2 aromatic carbocycles. The minimum absolute atomic E-state index is 0.0350. The second kappa shape index (κ2) is 6.87. The van der Waals surface area contributed by atoms with Crippen LogP contribution in [0.3, 0.4) is 0 Å². The van der Waals surface area contributed by atoms with Crippen LogP contribution in [0.25, 0.3) is 21.8 Å². The van der Waals surface area contributed by atoms with Crippen molar-refractivity contribution in [1.29, 1.82) is 0 Å². The Bertz CT molecular complexity index is 1030. The summed E-state index contributed by atoms with van der Waals surface area (Å²) >= 11 is 0. The summed E-state index contributed by atoms with van der Waals surface area (Å²) in [7, 11) is 0. The summed E-state index contributed by atoms with van der Waals surface area (Å²) in [4.78, 5) is 38.5. The predicted molar refractivity (Wildman–Crippen MR) is 103 cm³/mol. The molecule has 0 saturated carbocycles. The highest BCUT2D eigenvalue weighted by Gasteiger charge is 2.27. The largest absolute Gasteiger partial charge is 0.481 e. The van der Waals surface area contributed by atoms with Crippen molar-refractivity contribution in [2.75, 3.05) is 13.1 Å². The lowest BCUT2D eigenvalue weighted by Crippen LogP contribution is -2.41. The minimum Gasteiger partial charge on any atom is -0.481 e. The molecule has 0 aliphatic carbocycles. The van der Waals surface area contributed by atoms with E-state index in [4.69, 9.17) is 5.11 Å². The fourth-order valence-electron chi connectivity index (χ4n) is 3.86. The minimum atomic E-state index is -0.792.